The van der Waals surface area contributed by atoms with Crippen molar-refractivity contribution in [2.45, 2.75) is 26.9 Å². The minimum atomic E-state index is 0. The van der Waals surface area contributed by atoms with Crippen molar-refractivity contribution in [3.8, 4) is 0 Å². The largest absolute Gasteiger partial charge is 0.383 e. The van der Waals surface area contributed by atoms with E-state index in [1.54, 1.807) is 7.11 Å². The maximum Gasteiger partial charge on any atom is 0.194 e. The molecular weight excluding hydrogens is 515 g/mol. The van der Waals surface area contributed by atoms with Gasteiger partial charge in [-0.25, -0.2) is 0 Å². The third-order valence-electron chi connectivity index (χ3n) is 5.43. The van der Waals surface area contributed by atoms with Gasteiger partial charge in [0, 0.05) is 68.8 Å². The van der Waals surface area contributed by atoms with Crippen LogP contribution in [0.4, 0.5) is 5.69 Å². The van der Waals surface area contributed by atoms with Gasteiger partial charge in [-0.3, -0.25) is 9.67 Å². The Morgan fingerprint density at radius 2 is 1.97 bits per heavy atom. The number of piperazine rings is 1. The third kappa shape index (κ3) is 6.01. The molecule has 1 fully saturated rings. The second-order valence-corrected chi connectivity index (χ2v) is 7.66. The van der Waals surface area contributed by atoms with Crippen LogP contribution in [-0.4, -0.2) is 67.6 Å². The van der Waals surface area contributed by atoms with Crippen molar-refractivity contribution < 1.29 is 4.74 Å². The number of nitrogens with zero attached hydrogens (tertiary/aromatic N) is 5. The predicted molar refractivity (Wildman–Crippen MR) is 134 cm³/mol. The molecule has 0 saturated carbocycles. The van der Waals surface area contributed by atoms with Gasteiger partial charge in [-0.2, -0.15) is 5.10 Å². The van der Waals surface area contributed by atoms with E-state index in [0.29, 0.717) is 13.2 Å². The summed E-state index contributed by atoms with van der Waals surface area (Å²) in [4.78, 5) is 9.17. The molecule has 1 aromatic carbocycles. The minimum Gasteiger partial charge on any atom is -0.383 e. The van der Waals surface area contributed by atoms with E-state index < -0.39 is 0 Å². The van der Waals surface area contributed by atoms with Crippen LogP contribution in [0.15, 0.2) is 29.3 Å². The summed E-state index contributed by atoms with van der Waals surface area (Å²) in [7, 11) is 3.55. The lowest BCUT2D eigenvalue weighted by Crippen LogP contribution is -2.52. The number of rotatable bonds is 6. The first-order chi connectivity index (χ1) is 14.0. The van der Waals surface area contributed by atoms with Gasteiger partial charge in [-0.1, -0.05) is 17.7 Å². The fraction of sp³-hybridized carbons (Fsp3) is 0.524. The number of methoxy groups -OCH3 is 1. The van der Waals surface area contributed by atoms with Gasteiger partial charge in [0.05, 0.1) is 18.8 Å². The summed E-state index contributed by atoms with van der Waals surface area (Å²) in [6.07, 6.45) is 0. The zero-order valence-electron chi connectivity index (χ0n) is 18.2. The number of nitrogens with one attached hydrogen (secondary N) is 1. The van der Waals surface area contributed by atoms with E-state index in [-0.39, 0.29) is 24.0 Å². The molecule has 0 aliphatic carbocycles. The first-order valence-corrected chi connectivity index (χ1v) is 10.4. The van der Waals surface area contributed by atoms with Crippen LogP contribution in [0.25, 0.3) is 0 Å². The molecule has 2 aromatic rings. The van der Waals surface area contributed by atoms with Crippen molar-refractivity contribution in [2.75, 3.05) is 51.8 Å². The Morgan fingerprint density at radius 3 is 2.60 bits per heavy atom. The molecule has 0 atom stereocenters. The topological polar surface area (TPSA) is 57.9 Å². The van der Waals surface area contributed by atoms with Crippen LogP contribution in [-0.2, 0) is 17.8 Å². The second-order valence-electron chi connectivity index (χ2n) is 7.22. The number of aryl methyl sites for hydroxylation is 1. The fourth-order valence-corrected chi connectivity index (χ4v) is 3.92. The van der Waals surface area contributed by atoms with Gasteiger partial charge in [0.15, 0.2) is 5.96 Å². The first-order valence-electron chi connectivity index (χ1n) is 10.0. The second kappa shape index (κ2) is 11.8. The highest BCUT2D eigenvalue weighted by Crippen LogP contribution is 2.21. The van der Waals surface area contributed by atoms with Gasteiger partial charge < -0.3 is 19.9 Å². The molecule has 1 aliphatic heterocycles. The molecule has 1 N–H and O–H groups in total. The third-order valence-corrected chi connectivity index (χ3v) is 5.66. The van der Waals surface area contributed by atoms with Gasteiger partial charge in [0.25, 0.3) is 0 Å². The minimum absolute atomic E-state index is 0. The first kappa shape index (κ1) is 24.7. The molecule has 1 saturated heterocycles. The molecule has 1 aliphatic rings. The van der Waals surface area contributed by atoms with Crippen LogP contribution in [0.1, 0.15) is 17.0 Å². The summed E-state index contributed by atoms with van der Waals surface area (Å²) >= 11 is 6.14. The highest BCUT2D eigenvalue weighted by molar-refractivity contribution is 14.0. The van der Waals surface area contributed by atoms with E-state index in [1.165, 1.54) is 16.9 Å². The van der Waals surface area contributed by atoms with Gasteiger partial charge in [0.1, 0.15) is 0 Å². The highest BCUT2D eigenvalue weighted by Gasteiger charge is 2.20. The number of guanidine groups is 1. The van der Waals surface area contributed by atoms with Crippen LogP contribution in [0, 0.1) is 13.8 Å². The molecule has 2 heterocycles. The number of anilines is 1. The summed E-state index contributed by atoms with van der Waals surface area (Å²) in [6, 6.07) is 8.05. The monoisotopic (exact) mass is 546 g/mol. The number of aromatic nitrogens is 2. The quantitative estimate of drug-likeness (QED) is 0.342. The maximum absolute atomic E-state index is 6.14. The molecule has 166 valence electrons. The van der Waals surface area contributed by atoms with Gasteiger partial charge in [0.2, 0.25) is 0 Å². The van der Waals surface area contributed by atoms with Crippen molar-refractivity contribution in [3.05, 3.63) is 46.2 Å². The fourth-order valence-electron chi connectivity index (χ4n) is 3.73. The summed E-state index contributed by atoms with van der Waals surface area (Å²) in [5, 5.41) is 8.94. The normalized spacial score (nSPS) is 14.6. The van der Waals surface area contributed by atoms with E-state index in [1.807, 2.05) is 29.9 Å². The number of halogens is 2. The average molecular weight is 547 g/mol. The summed E-state index contributed by atoms with van der Waals surface area (Å²) in [5.74, 6) is 0.930. The molecule has 7 nitrogen and oxygen atoms in total. The molecule has 3 rings (SSSR count). The van der Waals surface area contributed by atoms with E-state index in [2.05, 4.69) is 45.1 Å². The van der Waals surface area contributed by atoms with Crippen molar-refractivity contribution in [1.82, 2.24) is 20.0 Å². The van der Waals surface area contributed by atoms with Crippen molar-refractivity contribution in [2.24, 2.45) is 4.99 Å². The van der Waals surface area contributed by atoms with Crippen LogP contribution in [0.2, 0.25) is 5.02 Å². The maximum atomic E-state index is 6.14. The summed E-state index contributed by atoms with van der Waals surface area (Å²) < 4.78 is 7.19. The van der Waals surface area contributed by atoms with Gasteiger partial charge >= 0.3 is 0 Å². The number of hydrogen-bond acceptors (Lipinski definition) is 4. The molecule has 30 heavy (non-hydrogen) atoms. The van der Waals surface area contributed by atoms with Crippen LogP contribution >= 0.6 is 35.6 Å². The molecule has 0 radical (unpaired) electrons. The van der Waals surface area contributed by atoms with E-state index in [0.717, 1.165) is 49.4 Å². The lowest BCUT2D eigenvalue weighted by Gasteiger charge is -2.37. The number of hydrogen-bond donors (Lipinski definition) is 1. The lowest BCUT2D eigenvalue weighted by molar-refractivity contribution is 0.182. The predicted octanol–water partition coefficient (Wildman–Crippen LogP) is 3.32. The number of benzene rings is 1. The zero-order chi connectivity index (χ0) is 20.8. The van der Waals surface area contributed by atoms with E-state index in [9.17, 15) is 0 Å². The summed E-state index contributed by atoms with van der Waals surface area (Å²) in [5.41, 5.74) is 4.62. The van der Waals surface area contributed by atoms with Crippen LogP contribution in [0.3, 0.4) is 0 Å². The summed E-state index contributed by atoms with van der Waals surface area (Å²) in [6.45, 7) is 10.0. The Kier molecular flexibility index (Phi) is 9.70. The van der Waals surface area contributed by atoms with E-state index >= 15 is 0 Å². The molecule has 1 aromatic heterocycles. The molecule has 9 heteroatoms. The highest BCUT2D eigenvalue weighted by atomic mass is 127. The SMILES string of the molecule is CN=C(NCc1c(C)nn(CCOC)c1C)N1CCN(c2cccc(Cl)c2)CC1.I. The van der Waals surface area contributed by atoms with Gasteiger partial charge in [-0.05, 0) is 32.0 Å². The number of aliphatic imine (C=N–C) groups is 1. The Hall–Kier alpha value is -1.52. The lowest BCUT2D eigenvalue weighted by atomic mass is 10.2. The smallest absolute Gasteiger partial charge is 0.194 e. The van der Waals surface area contributed by atoms with Crippen LogP contribution < -0.4 is 10.2 Å². The zero-order valence-corrected chi connectivity index (χ0v) is 21.3. The molecular formula is C21H32ClIN6O. The standard InChI is InChI=1S/C21H31ClN6O.HI/c1-16-20(17(2)28(25-16)12-13-29-4)15-24-21(23-3)27-10-8-26(9-11-27)19-7-5-6-18(22)14-19;/h5-7,14H,8-13,15H2,1-4H3,(H,23,24);1H. The Morgan fingerprint density at radius 1 is 1.23 bits per heavy atom. The molecule has 0 spiro atoms. The van der Waals surface area contributed by atoms with Gasteiger partial charge in [-0.15, -0.1) is 24.0 Å². The molecule has 0 bridgehead atoms. The van der Waals surface area contributed by atoms with E-state index in [4.69, 9.17) is 16.3 Å². The molecule has 0 unspecified atom stereocenters. The van der Waals surface area contributed by atoms with Crippen LogP contribution in [0.5, 0.6) is 0 Å². The Labute approximate surface area is 201 Å². The average Bonchev–Trinajstić information content (AvgIpc) is 3.00. The Balaban J connectivity index is 0.00000320. The molecule has 0 amide bonds. The Bertz CT molecular complexity index is 848. The van der Waals surface area contributed by atoms with Crippen molar-refractivity contribution in [3.63, 3.8) is 0 Å². The van der Waals surface area contributed by atoms with Crippen molar-refractivity contribution in [1.29, 1.82) is 0 Å². The number of ether oxygens (including phenoxy) is 1. The van der Waals surface area contributed by atoms with Crippen molar-refractivity contribution >= 4 is 47.2 Å².